The van der Waals surface area contributed by atoms with Gasteiger partial charge in [0.2, 0.25) is 0 Å². The molecular weight excluding hydrogens is 279 g/mol. The Balaban J connectivity index is 3.73. The van der Waals surface area contributed by atoms with Gasteiger partial charge in [-0.1, -0.05) is 42.4 Å². The summed E-state index contributed by atoms with van der Waals surface area (Å²) in [6.45, 7) is 3.61. The maximum absolute atomic E-state index is 10.7. The third kappa shape index (κ3) is 8.28. The molecule has 1 unspecified atom stereocenters. The van der Waals surface area contributed by atoms with E-state index in [-0.39, 0.29) is 12.1 Å². The van der Waals surface area contributed by atoms with E-state index in [2.05, 4.69) is 29.5 Å². The monoisotopic (exact) mass is 296 g/mol. The van der Waals surface area contributed by atoms with Crippen LogP contribution in [0.2, 0.25) is 0 Å². The van der Waals surface area contributed by atoms with Gasteiger partial charge in [0.05, 0.1) is 0 Å². The molecule has 1 atom stereocenters. The molecule has 0 N–H and O–H groups in total. The molecule has 76 valence electrons. The molecule has 0 saturated heterocycles. The molecule has 0 amide bonds. The summed E-state index contributed by atoms with van der Waals surface area (Å²) >= 11 is 2.14. The van der Waals surface area contributed by atoms with E-state index in [0.29, 0.717) is 0 Å². The van der Waals surface area contributed by atoms with Crippen molar-refractivity contribution in [2.45, 2.75) is 45.6 Å². The van der Waals surface area contributed by atoms with Crippen LogP contribution in [0.3, 0.4) is 0 Å². The van der Waals surface area contributed by atoms with Gasteiger partial charge >= 0.3 is 5.97 Å². The first-order chi connectivity index (χ1) is 6.20. The topological polar surface area (TPSA) is 26.3 Å². The molecule has 13 heavy (non-hydrogen) atoms. The quantitative estimate of drug-likeness (QED) is 0.426. The molecule has 0 spiro atoms. The van der Waals surface area contributed by atoms with E-state index in [1.807, 2.05) is 10.2 Å². The molecule has 0 bridgehead atoms. The van der Waals surface area contributed by atoms with Crippen LogP contribution in [0.5, 0.6) is 0 Å². The lowest BCUT2D eigenvalue weighted by atomic mass is 10.1. The Bertz CT molecular complexity index is 166. The molecular formula is C10H17IO2. The minimum Gasteiger partial charge on any atom is -0.458 e. The molecule has 0 aromatic heterocycles. The van der Waals surface area contributed by atoms with Gasteiger partial charge in [-0.2, -0.15) is 0 Å². The highest BCUT2D eigenvalue weighted by atomic mass is 127. The Morgan fingerprint density at radius 1 is 1.54 bits per heavy atom. The first-order valence-corrected chi connectivity index (χ1v) is 5.89. The van der Waals surface area contributed by atoms with Crippen molar-refractivity contribution in [1.29, 1.82) is 0 Å². The predicted octanol–water partition coefficient (Wildman–Crippen LogP) is 3.45. The summed E-state index contributed by atoms with van der Waals surface area (Å²) in [4.78, 5) is 10.7. The van der Waals surface area contributed by atoms with E-state index in [1.54, 1.807) is 0 Å². The van der Waals surface area contributed by atoms with E-state index in [4.69, 9.17) is 4.74 Å². The van der Waals surface area contributed by atoms with Crippen molar-refractivity contribution in [3.8, 4) is 0 Å². The van der Waals surface area contributed by atoms with Gasteiger partial charge in [0, 0.05) is 6.92 Å². The van der Waals surface area contributed by atoms with E-state index in [1.165, 1.54) is 19.8 Å². The number of carbonyl (C=O) groups is 1. The fraction of sp³-hybridized carbons (Fsp3) is 0.700. The maximum Gasteiger partial charge on any atom is 0.303 e. The first kappa shape index (κ1) is 12.9. The SMILES string of the molecule is CCCCCC(/C=C/I)OC(C)=O. The molecule has 0 aromatic carbocycles. The molecule has 0 aliphatic carbocycles. The normalized spacial score (nSPS) is 13.2. The van der Waals surface area contributed by atoms with Crippen LogP contribution >= 0.6 is 22.6 Å². The van der Waals surface area contributed by atoms with E-state index in [0.717, 1.165) is 12.8 Å². The van der Waals surface area contributed by atoms with Crippen LogP contribution in [0, 0.1) is 0 Å². The summed E-state index contributed by atoms with van der Waals surface area (Å²) in [6, 6.07) is 0. The third-order valence-electron chi connectivity index (χ3n) is 1.70. The number of halogens is 1. The number of unbranched alkanes of at least 4 members (excludes halogenated alkanes) is 2. The number of ether oxygens (including phenoxy) is 1. The van der Waals surface area contributed by atoms with Gasteiger partial charge in [-0.15, -0.1) is 0 Å². The highest BCUT2D eigenvalue weighted by Gasteiger charge is 2.06. The second kappa shape index (κ2) is 8.53. The lowest BCUT2D eigenvalue weighted by Crippen LogP contribution is -2.13. The highest BCUT2D eigenvalue weighted by Crippen LogP contribution is 2.09. The minimum absolute atomic E-state index is 0.0269. The average Bonchev–Trinajstić information content (AvgIpc) is 2.04. The molecule has 0 heterocycles. The fourth-order valence-electron chi connectivity index (χ4n) is 1.08. The summed E-state index contributed by atoms with van der Waals surface area (Å²) < 4.78 is 7.01. The van der Waals surface area contributed by atoms with E-state index < -0.39 is 0 Å². The average molecular weight is 296 g/mol. The summed E-state index contributed by atoms with van der Waals surface area (Å²) in [5.74, 6) is -0.198. The summed E-state index contributed by atoms with van der Waals surface area (Å²) in [5, 5.41) is 0. The molecule has 2 nitrogen and oxygen atoms in total. The van der Waals surface area contributed by atoms with E-state index in [9.17, 15) is 4.79 Å². The Labute approximate surface area is 93.9 Å². The molecule has 0 saturated carbocycles. The Kier molecular flexibility index (Phi) is 8.49. The predicted molar refractivity (Wildman–Crippen MR) is 62.9 cm³/mol. The van der Waals surface area contributed by atoms with Crippen molar-refractivity contribution in [1.82, 2.24) is 0 Å². The molecule has 0 aromatic rings. The summed E-state index contributed by atoms with van der Waals surface area (Å²) in [6.07, 6.45) is 6.36. The minimum atomic E-state index is -0.198. The number of hydrogen-bond donors (Lipinski definition) is 0. The molecule has 0 radical (unpaired) electrons. The van der Waals surface area contributed by atoms with Gasteiger partial charge in [-0.3, -0.25) is 4.79 Å². The zero-order chi connectivity index (χ0) is 10.1. The van der Waals surface area contributed by atoms with Gasteiger partial charge in [0.15, 0.2) is 0 Å². The van der Waals surface area contributed by atoms with E-state index >= 15 is 0 Å². The van der Waals surface area contributed by atoms with Crippen LogP contribution in [0.4, 0.5) is 0 Å². The van der Waals surface area contributed by atoms with Crippen LogP contribution in [0.1, 0.15) is 39.5 Å². The third-order valence-corrected chi connectivity index (χ3v) is 2.11. The number of rotatable bonds is 6. The molecule has 0 aliphatic heterocycles. The molecule has 0 fully saturated rings. The Morgan fingerprint density at radius 3 is 2.69 bits per heavy atom. The second-order valence-corrected chi connectivity index (χ2v) is 3.68. The fourth-order valence-corrected chi connectivity index (χ4v) is 1.55. The zero-order valence-electron chi connectivity index (χ0n) is 8.25. The van der Waals surface area contributed by atoms with Crippen LogP contribution < -0.4 is 0 Å². The van der Waals surface area contributed by atoms with Crippen LogP contribution in [0.25, 0.3) is 0 Å². The number of hydrogen-bond acceptors (Lipinski definition) is 2. The standard InChI is InChI=1S/C10H17IO2/c1-3-4-5-6-10(7-8-11)13-9(2)12/h7-8,10H,3-6H2,1-2H3/b8-7+. The van der Waals surface area contributed by atoms with Crippen LogP contribution in [-0.2, 0) is 9.53 Å². The van der Waals surface area contributed by atoms with Crippen molar-refractivity contribution in [3.05, 3.63) is 10.2 Å². The molecule has 0 rings (SSSR count). The number of carbonyl (C=O) groups excluding carboxylic acids is 1. The molecule has 0 aliphatic rings. The van der Waals surface area contributed by atoms with Crippen molar-refractivity contribution < 1.29 is 9.53 Å². The van der Waals surface area contributed by atoms with Crippen molar-refractivity contribution >= 4 is 28.6 Å². The summed E-state index contributed by atoms with van der Waals surface area (Å²) in [5.41, 5.74) is 0. The molecule has 3 heteroatoms. The smallest absolute Gasteiger partial charge is 0.303 e. The first-order valence-electron chi connectivity index (χ1n) is 4.64. The van der Waals surface area contributed by atoms with Gasteiger partial charge in [0.1, 0.15) is 6.10 Å². The number of esters is 1. The van der Waals surface area contributed by atoms with Crippen molar-refractivity contribution in [2.75, 3.05) is 0 Å². The Hall–Kier alpha value is -0.0600. The maximum atomic E-state index is 10.7. The van der Waals surface area contributed by atoms with Crippen LogP contribution in [-0.4, -0.2) is 12.1 Å². The lowest BCUT2D eigenvalue weighted by molar-refractivity contribution is -0.144. The van der Waals surface area contributed by atoms with Crippen molar-refractivity contribution in [3.63, 3.8) is 0 Å². The zero-order valence-corrected chi connectivity index (χ0v) is 10.4. The van der Waals surface area contributed by atoms with Crippen LogP contribution in [0.15, 0.2) is 10.2 Å². The largest absolute Gasteiger partial charge is 0.458 e. The lowest BCUT2D eigenvalue weighted by Gasteiger charge is -2.11. The second-order valence-electron chi connectivity index (χ2n) is 2.96. The van der Waals surface area contributed by atoms with Gasteiger partial charge in [-0.05, 0) is 23.0 Å². The Morgan fingerprint density at radius 2 is 2.23 bits per heavy atom. The highest BCUT2D eigenvalue weighted by molar-refractivity contribution is 14.1. The van der Waals surface area contributed by atoms with Gasteiger partial charge < -0.3 is 4.74 Å². The van der Waals surface area contributed by atoms with Crippen molar-refractivity contribution in [2.24, 2.45) is 0 Å². The van der Waals surface area contributed by atoms with Gasteiger partial charge in [-0.25, -0.2) is 0 Å². The van der Waals surface area contributed by atoms with Gasteiger partial charge in [0.25, 0.3) is 0 Å². The summed E-state index contributed by atoms with van der Waals surface area (Å²) in [7, 11) is 0.